The van der Waals surface area contributed by atoms with Crippen molar-refractivity contribution in [3.05, 3.63) is 96.2 Å². The highest BCUT2D eigenvalue weighted by molar-refractivity contribution is 5.97. The van der Waals surface area contributed by atoms with Crippen molar-refractivity contribution in [2.24, 2.45) is 0 Å². The Morgan fingerprint density at radius 2 is 1.80 bits per heavy atom. The second-order valence-electron chi connectivity index (χ2n) is 6.69. The standard InChI is InChI=1S/C23H21FN4O2/c1-30-18-10-8-17(9-11-18)12-13-25-22(29)19-16-26-28(21-7-3-2-6-20(21)24)23(19)27-14-4-5-15-27/h2-11,14-16H,12-13H2,1H3,(H,25,29). The van der Waals surface area contributed by atoms with Gasteiger partial charge in [0.15, 0.2) is 5.82 Å². The molecule has 7 heteroatoms. The summed E-state index contributed by atoms with van der Waals surface area (Å²) in [6, 6.07) is 17.7. The zero-order valence-corrected chi connectivity index (χ0v) is 16.5. The first-order valence-electron chi connectivity index (χ1n) is 9.55. The Morgan fingerprint density at radius 3 is 2.50 bits per heavy atom. The van der Waals surface area contributed by atoms with Gasteiger partial charge in [-0.2, -0.15) is 5.10 Å². The highest BCUT2D eigenvalue weighted by atomic mass is 19.1. The van der Waals surface area contributed by atoms with Crippen LogP contribution in [0.3, 0.4) is 0 Å². The number of halogens is 1. The van der Waals surface area contributed by atoms with Crippen LogP contribution in [0, 0.1) is 5.82 Å². The number of carbonyl (C=O) groups is 1. The van der Waals surface area contributed by atoms with E-state index in [4.69, 9.17) is 4.74 Å². The first kappa shape index (κ1) is 19.4. The van der Waals surface area contributed by atoms with Gasteiger partial charge in [-0.15, -0.1) is 0 Å². The summed E-state index contributed by atoms with van der Waals surface area (Å²) in [6.07, 6.45) is 5.73. The smallest absolute Gasteiger partial charge is 0.256 e. The van der Waals surface area contributed by atoms with Crippen molar-refractivity contribution >= 4 is 5.91 Å². The minimum absolute atomic E-state index is 0.269. The largest absolute Gasteiger partial charge is 0.497 e. The van der Waals surface area contributed by atoms with Gasteiger partial charge in [0.2, 0.25) is 0 Å². The SMILES string of the molecule is COc1ccc(CCNC(=O)c2cnn(-c3ccccc3F)c2-n2cccc2)cc1. The molecule has 6 nitrogen and oxygen atoms in total. The zero-order valence-electron chi connectivity index (χ0n) is 16.5. The summed E-state index contributed by atoms with van der Waals surface area (Å²) in [5.74, 6) is 0.585. The molecule has 0 spiro atoms. The molecule has 152 valence electrons. The molecule has 2 heterocycles. The van der Waals surface area contributed by atoms with Crippen molar-refractivity contribution in [2.75, 3.05) is 13.7 Å². The highest BCUT2D eigenvalue weighted by Crippen LogP contribution is 2.21. The lowest BCUT2D eigenvalue weighted by molar-refractivity contribution is 0.0954. The Balaban J connectivity index is 1.56. The monoisotopic (exact) mass is 404 g/mol. The maximum Gasteiger partial charge on any atom is 0.256 e. The van der Waals surface area contributed by atoms with Gasteiger partial charge in [0.1, 0.15) is 22.8 Å². The Labute approximate surface area is 173 Å². The molecule has 0 fully saturated rings. The van der Waals surface area contributed by atoms with Crippen LogP contribution in [0.5, 0.6) is 5.75 Å². The molecule has 4 aromatic rings. The molecule has 4 rings (SSSR count). The van der Waals surface area contributed by atoms with Crippen LogP contribution < -0.4 is 10.1 Å². The van der Waals surface area contributed by atoms with E-state index in [9.17, 15) is 9.18 Å². The van der Waals surface area contributed by atoms with E-state index in [1.54, 1.807) is 42.3 Å². The van der Waals surface area contributed by atoms with Crippen molar-refractivity contribution in [3.8, 4) is 17.3 Å². The quantitative estimate of drug-likeness (QED) is 0.510. The van der Waals surface area contributed by atoms with Gasteiger partial charge in [-0.3, -0.25) is 4.79 Å². The van der Waals surface area contributed by atoms with Crippen LogP contribution in [0.2, 0.25) is 0 Å². The molecular weight excluding hydrogens is 383 g/mol. The molecule has 0 aliphatic rings. The highest BCUT2D eigenvalue weighted by Gasteiger charge is 2.21. The summed E-state index contributed by atoms with van der Waals surface area (Å²) in [5.41, 5.74) is 1.73. The maximum atomic E-state index is 14.4. The summed E-state index contributed by atoms with van der Waals surface area (Å²) < 4.78 is 22.7. The van der Waals surface area contributed by atoms with Crippen LogP contribution >= 0.6 is 0 Å². The van der Waals surface area contributed by atoms with Gasteiger partial charge in [0.25, 0.3) is 5.91 Å². The second-order valence-corrected chi connectivity index (χ2v) is 6.69. The molecule has 2 aromatic carbocycles. The molecule has 1 amide bonds. The minimum Gasteiger partial charge on any atom is -0.497 e. The van der Waals surface area contributed by atoms with E-state index in [1.807, 2.05) is 36.4 Å². The van der Waals surface area contributed by atoms with Crippen LogP contribution in [0.15, 0.2) is 79.3 Å². The topological polar surface area (TPSA) is 61.1 Å². The fraction of sp³-hybridized carbons (Fsp3) is 0.130. The average Bonchev–Trinajstić information content (AvgIpc) is 3.44. The molecule has 0 aliphatic carbocycles. The minimum atomic E-state index is -0.416. The number of rotatable bonds is 7. The Hall–Kier alpha value is -3.87. The number of amides is 1. The Kier molecular flexibility index (Phi) is 5.61. The van der Waals surface area contributed by atoms with E-state index >= 15 is 0 Å². The molecule has 0 unspecified atom stereocenters. The summed E-state index contributed by atoms with van der Waals surface area (Å²) >= 11 is 0. The number of hydrogen-bond donors (Lipinski definition) is 1. The van der Waals surface area contributed by atoms with Gasteiger partial charge in [-0.1, -0.05) is 24.3 Å². The lowest BCUT2D eigenvalue weighted by atomic mass is 10.1. The number of nitrogens with one attached hydrogen (secondary N) is 1. The number of carbonyl (C=O) groups excluding carboxylic acids is 1. The molecule has 0 saturated carbocycles. The molecule has 2 aromatic heterocycles. The molecule has 0 saturated heterocycles. The summed E-state index contributed by atoms with van der Waals surface area (Å²) in [7, 11) is 1.62. The molecule has 30 heavy (non-hydrogen) atoms. The van der Waals surface area contributed by atoms with Gasteiger partial charge in [-0.25, -0.2) is 9.07 Å². The second kappa shape index (κ2) is 8.65. The third kappa shape index (κ3) is 3.96. The number of ether oxygens (including phenoxy) is 1. The van der Waals surface area contributed by atoms with Gasteiger partial charge >= 0.3 is 0 Å². The van der Waals surface area contributed by atoms with Crippen LogP contribution in [-0.4, -0.2) is 33.9 Å². The van der Waals surface area contributed by atoms with Gasteiger partial charge in [0, 0.05) is 18.9 Å². The lowest BCUT2D eigenvalue weighted by Crippen LogP contribution is -2.26. The van der Waals surface area contributed by atoms with E-state index in [1.165, 1.54) is 16.9 Å². The molecular formula is C23H21FN4O2. The summed E-state index contributed by atoms with van der Waals surface area (Å²) in [6.45, 7) is 0.459. The van der Waals surface area contributed by atoms with E-state index in [-0.39, 0.29) is 11.6 Å². The predicted molar refractivity (Wildman–Crippen MR) is 112 cm³/mol. The van der Waals surface area contributed by atoms with Crippen LogP contribution in [0.1, 0.15) is 15.9 Å². The van der Waals surface area contributed by atoms with E-state index in [0.717, 1.165) is 11.3 Å². The van der Waals surface area contributed by atoms with Crippen LogP contribution in [-0.2, 0) is 6.42 Å². The third-order valence-corrected chi connectivity index (χ3v) is 4.78. The average molecular weight is 404 g/mol. The van der Waals surface area contributed by atoms with E-state index in [2.05, 4.69) is 10.4 Å². The van der Waals surface area contributed by atoms with Crippen molar-refractivity contribution in [2.45, 2.75) is 6.42 Å². The summed E-state index contributed by atoms with van der Waals surface area (Å²) in [5, 5.41) is 7.22. The third-order valence-electron chi connectivity index (χ3n) is 4.78. The first-order valence-corrected chi connectivity index (χ1v) is 9.55. The normalized spacial score (nSPS) is 10.7. The number of methoxy groups -OCH3 is 1. The molecule has 0 atom stereocenters. The number of para-hydroxylation sites is 1. The molecule has 1 N–H and O–H groups in total. The van der Waals surface area contributed by atoms with Crippen LogP contribution in [0.4, 0.5) is 4.39 Å². The van der Waals surface area contributed by atoms with E-state index < -0.39 is 5.82 Å². The maximum absolute atomic E-state index is 14.4. The molecule has 0 aliphatic heterocycles. The number of benzene rings is 2. The zero-order chi connectivity index (χ0) is 20.9. The van der Waals surface area contributed by atoms with Gasteiger partial charge in [0.05, 0.1) is 13.3 Å². The Bertz CT molecular complexity index is 1130. The van der Waals surface area contributed by atoms with Crippen molar-refractivity contribution in [3.63, 3.8) is 0 Å². The predicted octanol–water partition coefficient (Wildman–Crippen LogP) is 3.78. The number of hydrogen-bond acceptors (Lipinski definition) is 3. The molecule has 0 bridgehead atoms. The first-order chi connectivity index (χ1) is 14.7. The summed E-state index contributed by atoms with van der Waals surface area (Å²) in [4.78, 5) is 12.9. The number of aromatic nitrogens is 3. The molecule has 0 radical (unpaired) electrons. The van der Waals surface area contributed by atoms with Gasteiger partial charge in [-0.05, 0) is 48.4 Å². The fourth-order valence-electron chi connectivity index (χ4n) is 3.23. The number of nitrogens with zero attached hydrogens (tertiary/aromatic N) is 3. The van der Waals surface area contributed by atoms with Gasteiger partial charge < -0.3 is 14.6 Å². The van der Waals surface area contributed by atoms with Crippen molar-refractivity contribution < 1.29 is 13.9 Å². The van der Waals surface area contributed by atoms with Crippen molar-refractivity contribution in [1.82, 2.24) is 19.7 Å². The lowest BCUT2D eigenvalue weighted by Gasteiger charge is -2.12. The fourth-order valence-corrected chi connectivity index (χ4v) is 3.23. The van der Waals surface area contributed by atoms with E-state index in [0.29, 0.717) is 24.3 Å². The Morgan fingerprint density at radius 1 is 1.07 bits per heavy atom. The van der Waals surface area contributed by atoms with Crippen molar-refractivity contribution in [1.29, 1.82) is 0 Å². The van der Waals surface area contributed by atoms with Crippen LogP contribution in [0.25, 0.3) is 11.5 Å².